The Kier molecular flexibility index (Phi) is 18.6. The van der Waals surface area contributed by atoms with Crippen LogP contribution in [0.1, 0.15) is 134 Å². The predicted molar refractivity (Wildman–Crippen MR) is 192 cm³/mol. The van der Waals surface area contributed by atoms with Gasteiger partial charge in [0.25, 0.3) is 0 Å². The van der Waals surface area contributed by atoms with E-state index in [1.165, 1.54) is 6.08 Å². The zero-order valence-electron chi connectivity index (χ0n) is 32.4. The quantitative estimate of drug-likeness (QED) is 0.0504. The molecular formula is C39H68O9. The average Bonchev–Trinajstić information content (AvgIpc) is 3.05. The van der Waals surface area contributed by atoms with E-state index in [2.05, 4.69) is 68.2 Å². The first-order valence-electron chi connectivity index (χ1n) is 17.6. The van der Waals surface area contributed by atoms with E-state index in [-0.39, 0.29) is 25.2 Å². The molecule has 6 atom stereocenters. The van der Waals surface area contributed by atoms with E-state index in [0.29, 0.717) is 32.1 Å². The molecule has 0 aliphatic heterocycles. The number of esters is 3. The van der Waals surface area contributed by atoms with Gasteiger partial charge < -0.3 is 28.4 Å². The van der Waals surface area contributed by atoms with Crippen LogP contribution in [0, 0.1) is 5.41 Å². The smallest absolute Gasteiger partial charge is 0.330 e. The second kappa shape index (κ2) is 19.6. The Morgan fingerprint density at radius 2 is 0.958 bits per heavy atom. The van der Waals surface area contributed by atoms with Crippen LogP contribution in [0.25, 0.3) is 0 Å². The van der Waals surface area contributed by atoms with Gasteiger partial charge in [-0.15, -0.1) is 0 Å². The standard InChI is InChI=1S/C39H68O9/c1-16-31(40)46-30(9)24-43-35(12,19-4)25-39(23-8,26-36(13,20-5)44-28-34(10,11)47-32(41)17-2)27-37(14,21-6)45-29-38(15,22-7)48-33(42)18-3/h16-18,30H,1-3,19-29H2,4-15H3. The molecule has 0 amide bonds. The van der Waals surface area contributed by atoms with Crippen molar-refractivity contribution >= 4 is 17.9 Å². The first kappa shape index (κ1) is 45.5. The minimum Gasteiger partial charge on any atom is -0.457 e. The molecule has 6 unspecified atom stereocenters. The molecule has 0 saturated heterocycles. The molecule has 0 aromatic heterocycles. The fourth-order valence-electron chi connectivity index (χ4n) is 5.88. The number of carbonyl (C=O) groups is 3. The van der Waals surface area contributed by atoms with Gasteiger partial charge in [0.1, 0.15) is 17.3 Å². The summed E-state index contributed by atoms with van der Waals surface area (Å²) in [5, 5.41) is 0. The zero-order valence-corrected chi connectivity index (χ0v) is 32.4. The second-order valence-corrected chi connectivity index (χ2v) is 14.9. The summed E-state index contributed by atoms with van der Waals surface area (Å²) in [7, 11) is 0. The topological polar surface area (TPSA) is 107 Å². The summed E-state index contributed by atoms with van der Waals surface area (Å²) in [5.41, 5.74) is -3.74. The third-order valence-corrected chi connectivity index (χ3v) is 9.69. The highest BCUT2D eigenvalue weighted by atomic mass is 16.6. The van der Waals surface area contributed by atoms with Crippen LogP contribution in [-0.2, 0) is 42.8 Å². The molecule has 0 rings (SSSR count). The van der Waals surface area contributed by atoms with E-state index in [1.54, 1.807) is 6.92 Å². The Morgan fingerprint density at radius 3 is 1.35 bits per heavy atom. The highest BCUT2D eigenvalue weighted by molar-refractivity contribution is 5.82. The SMILES string of the molecule is C=CC(=O)OC(C)COC(C)(CC)CC(CC)(CC(C)(CC)OCC(C)(C)OC(=O)C=C)CC(C)(CC)OCC(C)(CC)OC(=O)C=C. The molecule has 0 aromatic carbocycles. The van der Waals surface area contributed by atoms with Crippen molar-refractivity contribution in [2.45, 2.75) is 169 Å². The third-order valence-electron chi connectivity index (χ3n) is 9.69. The maximum Gasteiger partial charge on any atom is 0.330 e. The van der Waals surface area contributed by atoms with Gasteiger partial charge in [-0.3, -0.25) is 0 Å². The maximum absolute atomic E-state index is 12.1. The summed E-state index contributed by atoms with van der Waals surface area (Å²) >= 11 is 0. The van der Waals surface area contributed by atoms with Crippen LogP contribution in [-0.4, -0.2) is 71.8 Å². The third kappa shape index (κ3) is 15.8. The highest BCUT2D eigenvalue weighted by Crippen LogP contribution is 2.50. The number of hydrogen-bond donors (Lipinski definition) is 0. The molecule has 0 spiro atoms. The van der Waals surface area contributed by atoms with Crippen LogP contribution in [0.2, 0.25) is 0 Å². The van der Waals surface area contributed by atoms with Gasteiger partial charge in [-0.25, -0.2) is 14.4 Å². The van der Waals surface area contributed by atoms with Crippen LogP contribution in [0.5, 0.6) is 0 Å². The van der Waals surface area contributed by atoms with Crippen LogP contribution < -0.4 is 0 Å². The molecule has 0 aliphatic rings. The molecule has 0 heterocycles. The maximum atomic E-state index is 12.1. The van der Waals surface area contributed by atoms with E-state index < -0.39 is 52.0 Å². The molecular weight excluding hydrogens is 612 g/mol. The van der Waals surface area contributed by atoms with Crippen molar-refractivity contribution in [1.29, 1.82) is 0 Å². The summed E-state index contributed by atoms with van der Waals surface area (Å²) < 4.78 is 36.6. The van der Waals surface area contributed by atoms with Crippen molar-refractivity contribution in [3.63, 3.8) is 0 Å². The summed E-state index contributed by atoms with van der Waals surface area (Å²) in [6.45, 7) is 35.3. The predicted octanol–water partition coefficient (Wildman–Crippen LogP) is 8.63. The largest absolute Gasteiger partial charge is 0.457 e. The fourth-order valence-corrected chi connectivity index (χ4v) is 5.88. The molecule has 0 aliphatic carbocycles. The number of carbonyl (C=O) groups excluding carboxylic acids is 3. The molecule has 48 heavy (non-hydrogen) atoms. The van der Waals surface area contributed by atoms with Crippen molar-refractivity contribution in [2.75, 3.05) is 19.8 Å². The number of hydrogen-bond acceptors (Lipinski definition) is 9. The lowest BCUT2D eigenvalue weighted by molar-refractivity contribution is -0.182. The van der Waals surface area contributed by atoms with Crippen molar-refractivity contribution in [3.05, 3.63) is 38.0 Å². The van der Waals surface area contributed by atoms with Crippen molar-refractivity contribution in [1.82, 2.24) is 0 Å². The molecule has 0 aromatic rings. The summed E-state index contributed by atoms with van der Waals surface area (Å²) in [6.07, 6.45) is 8.59. The van der Waals surface area contributed by atoms with Gasteiger partial charge in [0.15, 0.2) is 0 Å². The number of rotatable bonds is 26. The lowest BCUT2D eigenvalue weighted by atomic mass is 9.63. The molecule has 0 radical (unpaired) electrons. The van der Waals surface area contributed by atoms with Gasteiger partial charge >= 0.3 is 17.9 Å². The summed E-state index contributed by atoms with van der Waals surface area (Å²) in [5.74, 6) is -1.47. The first-order valence-corrected chi connectivity index (χ1v) is 17.6. The van der Waals surface area contributed by atoms with Crippen LogP contribution in [0.15, 0.2) is 38.0 Å². The van der Waals surface area contributed by atoms with E-state index in [1.807, 2.05) is 27.7 Å². The van der Waals surface area contributed by atoms with Crippen LogP contribution in [0.4, 0.5) is 0 Å². The molecule has 9 nitrogen and oxygen atoms in total. The Hall–Kier alpha value is -2.49. The van der Waals surface area contributed by atoms with E-state index in [0.717, 1.165) is 31.4 Å². The van der Waals surface area contributed by atoms with Gasteiger partial charge in [0, 0.05) is 18.2 Å². The molecule has 278 valence electrons. The minimum absolute atomic E-state index is 0.204. The lowest BCUT2D eigenvalue weighted by Gasteiger charge is -2.50. The average molecular weight is 681 g/mol. The van der Waals surface area contributed by atoms with Crippen molar-refractivity contribution in [2.24, 2.45) is 5.41 Å². The highest BCUT2D eigenvalue weighted by Gasteiger charge is 2.47. The molecule has 0 fully saturated rings. The van der Waals surface area contributed by atoms with Gasteiger partial charge in [-0.2, -0.15) is 0 Å². The molecule has 0 bridgehead atoms. The monoisotopic (exact) mass is 680 g/mol. The lowest BCUT2D eigenvalue weighted by Crippen LogP contribution is -2.49. The van der Waals surface area contributed by atoms with Crippen LogP contribution >= 0.6 is 0 Å². The Labute approximate surface area is 292 Å². The van der Waals surface area contributed by atoms with Crippen molar-refractivity contribution < 1.29 is 42.8 Å². The van der Waals surface area contributed by atoms with Gasteiger partial charge in [0.2, 0.25) is 0 Å². The molecule has 9 heteroatoms. The van der Waals surface area contributed by atoms with Crippen molar-refractivity contribution in [3.8, 4) is 0 Å². The van der Waals surface area contributed by atoms with Gasteiger partial charge in [0.05, 0.1) is 36.6 Å². The molecule has 0 N–H and O–H groups in total. The molecule has 0 saturated carbocycles. The van der Waals surface area contributed by atoms with Gasteiger partial charge in [-0.1, -0.05) is 60.8 Å². The first-order chi connectivity index (χ1) is 22.1. The second-order valence-electron chi connectivity index (χ2n) is 14.9. The fraction of sp³-hybridized carbons (Fsp3) is 0.769. The Balaban J connectivity index is 6.69. The van der Waals surface area contributed by atoms with E-state index in [9.17, 15) is 14.4 Å². The van der Waals surface area contributed by atoms with Gasteiger partial charge in [-0.05, 0) is 98.8 Å². The number of ether oxygens (including phenoxy) is 6. The zero-order chi connectivity index (χ0) is 37.5. The van der Waals surface area contributed by atoms with E-state index >= 15 is 0 Å². The van der Waals surface area contributed by atoms with E-state index in [4.69, 9.17) is 28.4 Å². The summed E-state index contributed by atoms with van der Waals surface area (Å²) in [6, 6.07) is 0. The Morgan fingerprint density at radius 1 is 0.562 bits per heavy atom. The normalized spacial score (nSPS) is 18.8. The Bertz CT molecular complexity index is 1070. The summed E-state index contributed by atoms with van der Waals surface area (Å²) in [4.78, 5) is 36.0. The van der Waals surface area contributed by atoms with Crippen LogP contribution in [0.3, 0.4) is 0 Å². The minimum atomic E-state index is -0.856.